The van der Waals surface area contributed by atoms with Crippen LogP contribution in [0, 0.1) is 0 Å². The molecule has 152 valence electrons. The van der Waals surface area contributed by atoms with Crippen molar-refractivity contribution in [3.05, 3.63) is 95.2 Å². The van der Waals surface area contributed by atoms with E-state index in [1.54, 1.807) is 54.6 Å². The Balaban J connectivity index is 1.80. The number of carbonyl (C=O) groups excluding carboxylic acids is 2. The molecule has 0 spiro atoms. The number of hydrogen-bond acceptors (Lipinski definition) is 4. The van der Waals surface area contributed by atoms with Gasteiger partial charge in [-0.15, -0.1) is 0 Å². The molecule has 3 rings (SSSR count). The van der Waals surface area contributed by atoms with E-state index in [4.69, 9.17) is 4.74 Å². The lowest BCUT2D eigenvalue weighted by molar-refractivity contribution is 0.0732. The Labute approximate surface area is 206 Å². The van der Waals surface area contributed by atoms with E-state index in [0.717, 1.165) is 13.4 Å². The van der Waals surface area contributed by atoms with Gasteiger partial charge in [0, 0.05) is 24.5 Å². The van der Waals surface area contributed by atoms with Crippen LogP contribution >= 0.6 is 63.7 Å². The molecule has 0 heterocycles. The SMILES string of the molecule is O=C(NN=Cc1cc(Br)cc(Br)c1OC(=O)c1cccc(Br)c1)c1ccc(Br)cc1. The fourth-order valence-electron chi connectivity index (χ4n) is 2.38. The second-order valence-corrected chi connectivity index (χ2v) is 9.51. The summed E-state index contributed by atoms with van der Waals surface area (Å²) in [6.07, 6.45) is 1.41. The minimum atomic E-state index is -0.520. The third kappa shape index (κ3) is 6.10. The Morgan fingerprint density at radius 2 is 1.57 bits per heavy atom. The van der Waals surface area contributed by atoms with Crippen LogP contribution in [0.25, 0.3) is 0 Å². The van der Waals surface area contributed by atoms with E-state index in [9.17, 15) is 9.59 Å². The molecule has 9 heteroatoms. The van der Waals surface area contributed by atoms with Crippen LogP contribution in [0.3, 0.4) is 0 Å². The van der Waals surface area contributed by atoms with Gasteiger partial charge in [-0.05, 0) is 70.5 Å². The van der Waals surface area contributed by atoms with Crippen LogP contribution in [0.15, 0.2) is 83.7 Å². The third-order valence-corrected chi connectivity index (χ3v) is 5.84. The first-order valence-corrected chi connectivity index (χ1v) is 11.6. The number of ether oxygens (including phenoxy) is 1. The lowest BCUT2D eigenvalue weighted by atomic mass is 10.2. The molecule has 0 radical (unpaired) electrons. The van der Waals surface area contributed by atoms with Gasteiger partial charge in [-0.1, -0.05) is 53.9 Å². The summed E-state index contributed by atoms with van der Waals surface area (Å²) in [5, 5.41) is 4.00. The summed E-state index contributed by atoms with van der Waals surface area (Å²) in [5.74, 6) is -0.599. The molecule has 3 aromatic rings. The molecular formula is C21H12Br4N2O3. The van der Waals surface area contributed by atoms with Gasteiger partial charge in [0.1, 0.15) is 0 Å². The van der Waals surface area contributed by atoms with Gasteiger partial charge in [-0.2, -0.15) is 5.10 Å². The number of nitrogens with one attached hydrogen (secondary N) is 1. The topological polar surface area (TPSA) is 67.8 Å². The standard InChI is InChI=1S/C21H12Br4N2O3/c22-15-6-4-12(5-7-15)20(28)27-26-11-14-9-17(24)10-18(25)19(14)30-21(29)13-2-1-3-16(23)8-13/h1-11H,(H,27,28). The molecule has 0 saturated heterocycles. The smallest absolute Gasteiger partial charge is 0.343 e. The van der Waals surface area contributed by atoms with Gasteiger partial charge in [-0.25, -0.2) is 10.2 Å². The van der Waals surface area contributed by atoms with Crippen molar-refractivity contribution in [2.75, 3.05) is 0 Å². The summed E-state index contributed by atoms with van der Waals surface area (Å²) in [5.41, 5.74) is 3.82. The lowest BCUT2D eigenvalue weighted by Crippen LogP contribution is -2.17. The number of halogens is 4. The first-order chi connectivity index (χ1) is 14.3. The van der Waals surface area contributed by atoms with Gasteiger partial charge in [0.2, 0.25) is 0 Å². The number of benzene rings is 3. The van der Waals surface area contributed by atoms with Gasteiger partial charge < -0.3 is 4.74 Å². The normalized spacial score (nSPS) is 10.8. The van der Waals surface area contributed by atoms with Crippen LogP contribution < -0.4 is 10.2 Å². The summed E-state index contributed by atoms with van der Waals surface area (Å²) in [6.45, 7) is 0. The molecule has 1 amide bonds. The molecule has 0 aliphatic carbocycles. The molecule has 1 N–H and O–H groups in total. The van der Waals surface area contributed by atoms with Gasteiger partial charge >= 0.3 is 5.97 Å². The average molecular weight is 660 g/mol. The molecule has 0 unspecified atom stereocenters. The summed E-state index contributed by atoms with van der Waals surface area (Å²) in [6, 6.07) is 17.3. The quantitative estimate of drug-likeness (QED) is 0.143. The first kappa shape index (κ1) is 22.9. The number of hydrazone groups is 1. The number of rotatable bonds is 5. The molecule has 0 atom stereocenters. The van der Waals surface area contributed by atoms with Crippen molar-refractivity contribution in [1.29, 1.82) is 0 Å². The van der Waals surface area contributed by atoms with E-state index in [1.807, 2.05) is 6.07 Å². The predicted molar refractivity (Wildman–Crippen MR) is 130 cm³/mol. The van der Waals surface area contributed by atoms with E-state index in [2.05, 4.69) is 74.2 Å². The fourth-order valence-corrected chi connectivity index (χ4v) is 4.38. The second kappa shape index (κ2) is 10.5. The zero-order valence-electron chi connectivity index (χ0n) is 15.0. The minimum absolute atomic E-state index is 0.282. The minimum Gasteiger partial charge on any atom is -0.421 e. The van der Waals surface area contributed by atoms with Crippen LogP contribution in [0.5, 0.6) is 5.75 Å². The van der Waals surface area contributed by atoms with Crippen molar-refractivity contribution in [3.8, 4) is 5.75 Å². The van der Waals surface area contributed by atoms with Crippen LogP contribution in [0.4, 0.5) is 0 Å². The maximum atomic E-state index is 12.6. The van der Waals surface area contributed by atoms with E-state index >= 15 is 0 Å². The van der Waals surface area contributed by atoms with Crippen molar-refractivity contribution in [2.24, 2.45) is 5.10 Å². The highest BCUT2D eigenvalue weighted by Gasteiger charge is 2.15. The van der Waals surface area contributed by atoms with Crippen molar-refractivity contribution in [3.63, 3.8) is 0 Å². The number of nitrogens with zero attached hydrogens (tertiary/aromatic N) is 1. The van der Waals surface area contributed by atoms with Crippen molar-refractivity contribution >= 4 is 81.8 Å². The molecular weight excluding hydrogens is 648 g/mol. The van der Waals surface area contributed by atoms with Crippen LogP contribution in [0.1, 0.15) is 26.3 Å². The van der Waals surface area contributed by atoms with E-state index in [0.29, 0.717) is 21.2 Å². The van der Waals surface area contributed by atoms with E-state index in [-0.39, 0.29) is 11.7 Å². The van der Waals surface area contributed by atoms with Gasteiger partial charge in [0.05, 0.1) is 16.3 Å². The zero-order valence-corrected chi connectivity index (χ0v) is 21.4. The lowest BCUT2D eigenvalue weighted by Gasteiger charge is -2.11. The Bertz CT molecular complexity index is 1130. The average Bonchev–Trinajstić information content (AvgIpc) is 2.70. The van der Waals surface area contributed by atoms with Gasteiger partial charge in [-0.3, -0.25) is 4.79 Å². The summed E-state index contributed by atoms with van der Waals surface area (Å²) in [7, 11) is 0. The Kier molecular flexibility index (Phi) is 7.99. The number of carbonyl (C=O) groups is 2. The molecule has 0 aromatic heterocycles. The molecule has 30 heavy (non-hydrogen) atoms. The predicted octanol–water partition coefficient (Wildman–Crippen LogP) is 6.72. The van der Waals surface area contributed by atoms with E-state index in [1.165, 1.54) is 6.21 Å². The molecule has 0 aliphatic heterocycles. The summed E-state index contributed by atoms with van der Waals surface area (Å²) < 4.78 is 8.54. The zero-order chi connectivity index (χ0) is 21.7. The van der Waals surface area contributed by atoms with Gasteiger partial charge in [0.25, 0.3) is 5.91 Å². The van der Waals surface area contributed by atoms with E-state index < -0.39 is 5.97 Å². The largest absolute Gasteiger partial charge is 0.421 e. The molecule has 0 bridgehead atoms. The van der Waals surface area contributed by atoms with Gasteiger partial charge in [0.15, 0.2) is 5.75 Å². The molecule has 3 aromatic carbocycles. The Morgan fingerprint density at radius 1 is 0.833 bits per heavy atom. The highest BCUT2D eigenvalue weighted by atomic mass is 79.9. The Morgan fingerprint density at radius 3 is 2.27 bits per heavy atom. The monoisotopic (exact) mass is 656 g/mol. The maximum Gasteiger partial charge on any atom is 0.343 e. The highest BCUT2D eigenvalue weighted by Crippen LogP contribution is 2.33. The van der Waals surface area contributed by atoms with Crippen molar-refractivity contribution in [1.82, 2.24) is 5.43 Å². The summed E-state index contributed by atoms with van der Waals surface area (Å²) in [4.78, 5) is 24.8. The number of hydrogen-bond donors (Lipinski definition) is 1. The number of amides is 1. The number of esters is 1. The highest BCUT2D eigenvalue weighted by molar-refractivity contribution is 9.11. The van der Waals surface area contributed by atoms with Crippen LogP contribution in [-0.4, -0.2) is 18.1 Å². The molecule has 0 fully saturated rings. The van der Waals surface area contributed by atoms with Crippen molar-refractivity contribution in [2.45, 2.75) is 0 Å². The fraction of sp³-hybridized carbons (Fsp3) is 0. The molecule has 5 nitrogen and oxygen atoms in total. The first-order valence-electron chi connectivity index (χ1n) is 8.39. The molecule has 0 saturated carbocycles. The van der Waals surface area contributed by atoms with Crippen molar-refractivity contribution < 1.29 is 14.3 Å². The molecule has 0 aliphatic rings. The third-order valence-electron chi connectivity index (χ3n) is 3.77. The Hall–Kier alpha value is -1.81. The maximum absolute atomic E-state index is 12.6. The van der Waals surface area contributed by atoms with Crippen LogP contribution in [-0.2, 0) is 0 Å². The summed E-state index contributed by atoms with van der Waals surface area (Å²) >= 11 is 13.5. The van der Waals surface area contributed by atoms with Crippen LogP contribution in [0.2, 0.25) is 0 Å². The second-order valence-electron chi connectivity index (χ2n) is 5.91.